The lowest BCUT2D eigenvalue weighted by Crippen LogP contribution is -3.08. The molecule has 3 heterocycles. The number of carbonyl (C=O) groups excluding carboxylic acids is 1. The number of non-ortho nitro benzene ring substituents is 1. The molecule has 0 bridgehead atoms. The first kappa shape index (κ1) is 15.1. The van der Waals surface area contributed by atoms with E-state index in [0.29, 0.717) is 0 Å². The molecule has 2 aromatic rings. The molecule has 0 spiro atoms. The zero-order chi connectivity index (χ0) is 16.8. The van der Waals surface area contributed by atoms with E-state index < -0.39 is 4.92 Å². The minimum Gasteiger partial charge on any atom is -0.353 e. The van der Waals surface area contributed by atoms with Gasteiger partial charge in [-0.2, -0.15) is 0 Å². The topological polar surface area (TPSA) is 88.7 Å². The van der Waals surface area contributed by atoms with Gasteiger partial charge in [0.05, 0.1) is 29.0 Å². The van der Waals surface area contributed by atoms with Crippen molar-refractivity contribution < 1.29 is 14.6 Å². The molecule has 2 atom stereocenters. The summed E-state index contributed by atoms with van der Waals surface area (Å²) in [6.07, 6.45) is 0.556. The van der Waals surface area contributed by atoms with Gasteiger partial charge in [0.2, 0.25) is 0 Å². The fourth-order valence-electron chi connectivity index (χ4n) is 3.29. The van der Waals surface area contributed by atoms with Crippen LogP contribution in [0.5, 0.6) is 0 Å². The summed E-state index contributed by atoms with van der Waals surface area (Å²) < 4.78 is 0. The van der Waals surface area contributed by atoms with Crippen LogP contribution in [-0.2, 0) is 13.0 Å². The van der Waals surface area contributed by atoms with Gasteiger partial charge in [-0.15, -0.1) is 11.3 Å². The maximum atomic E-state index is 12.6. The molecule has 24 heavy (non-hydrogen) atoms. The summed E-state index contributed by atoms with van der Waals surface area (Å²) in [5.74, 6) is -0.0656. The molecule has 3 N–H and O–H groups in total. The van der Waals surface area contributed by atoms with E-state index in [4.69, 9.17) is 0 Å². The van der Waals surface area contributed by atoms with E-state index in [9.17, 15) is 14.9 Å². The van der Waals surface area contributed by atoms with E-state index in [1.54, 1.807) is 23.5 Å². The first-order valence-electron chi connectivity index (χ1n) is 7.80. The molecule has 0 saturated carbocycles. The standard InChI is InChI=1S/C16H16N4O3S/c1-19-7-6-11-12(8-19)24-16-13(11)15(21)17-14(18-16)9-2-4-10(5-3-9)20(22)23/h2-5,14,18H,6-8H2,1H3,(H,17,21)/p+1/t14-/m1/s1. The number of quaternary nitrogens is 1. The molecule has 1 unspecified atom stereocenters. The Kier molecular flexibility index (Phi) is 3.50. The number of thiophene rings is 1. The predicted molar refractivity (Wildman–Crippen MR) is 90.4 cm³/mol. The van der Waals surface area contributed by atoms with Crippen LogP contribution >= 0.6 is 11.3 Å². The number of fused-ring (bicyclic) bond motifs is 3. The molecule has 1 aromatic heterocycles. The minimum absolute atomic E-state index is 0.0409. The Balaban J connectivity index is 1.64. The zero-order valence-electron chi connectivity index (χ0n) is 13.1. The van der Waals surface area contributed by atoms with Gasteiger partial charge in [-0.1, -0.05) is 0 Å². The van der Waals surface area contributed by atoms with Crippen molar-refractivity contribution in [1.29, 1.82) is 0 Å². The van der Waals surface area contributed by atoms with Gasteiger partial charge < -0.3 is 15.5 Å². The monoisotopic (exact) mass is 345 g/mol. The Hall–Kier alpha value is -2.45. The van der Waals surface area contributed by atoms with Crippen LogP contribution in [0.15, 0.2) is 24.3 Å². The lowest BCUT2D eigenvalue weighted by Gasteiger charge is -2.27. The summed E-state index contributed by atoms with van der Waals surface area (Å²) in [6, 6.07) is 6.26. The minimum atomic E-state index is -0.430. The average molecular weight is 345 g/mol. The Morgan fingerprint density at radius 2 is 2.04 bits per heavy atom. The SMILES string of the molecule is C[NH+]1CCc2c(sc3c2C(=O)N[C@@H](c2ccc([N+](=O)[O-])cc2)N3)C1. The van der Waals surface area contributed by atoms with Crippen LogP contribution in [0.1, 0.15) is 32.5 Å². The van der Waals surface area contributed by atoms with E-state index in [2.05, 4.69) is 17.7 Å². The number of nitrogens with zero attached hydrogens (tertiary/aromatic N) is 1. The van der Waals surface area contributed by atoms with Crippen molar-refractivity contribution in [1.82, 2.24) is 5.32 Å². The number of hydrogen-bond donors (Lipinski definition) is 3. The van der Waals surface area contributed by atoms with E-state index in [1.807, 2.05) is 0 Å². The van der Waals surface area contributed by atoms with Gasteiger partial charge in [0.15, 0.2) is 0 Å². The third-order valence-electron chi connectivity index (χ3n) is 4.57. The molecule has 0 aliphatic carbocycles. The van der Waals surface area contributed by atoms with Gasteiger partial charge in [0, 0.05) is 18.6 Å². The zero-order valence-corrected chi connectivity index (χ0v) is 13.9. The van der Waals surface area contributed by atoms with Gasteiger partial charge in [-0.05, 0) is 23.3 Å². The van der Waals surface area contributed by atoms with Crippen LogP contribution in [0.4, 0.5) is 10.7 Å². The van der Waals surface area contributed by atoms with E-state index in [0.717, 1.165) is 35.6 Å². The summed E-state index contributed by atoms with van der Waals surface area (Å²) in [5.41, 5.74) is 2.79. The lowest BCUT2D eigenvalue weighted by molar-refractivity contribution is -0.895. The van der Waals surface area contributed by atoms with Gasteiger partial charge in [-0.3, -0.25) is 14.9 Å². The van der Waals surface area contributed by atoms with Crippen LogP contribution in [0.3, 0.4) is 0 Å². The van der Waals surface area contributed by atoms with Crippen molar-refractivity contribution in [2.24, 2.45) is 0 Å². The van der Waals surface area contributed by atoms with Crippen LogP contribution < -0.4 is 15.5 Å². The number of rotatable bonds is 2. The molecule has 1 aromatic carbocycles. The molecular weight excluding hydrogens is 328 g/mol. The second-order valence-electron chi connectivity index (χ2n) is 6.24. The highest BCUT2D eigenvalue weighted by molar-refractivity contribution is 7.16. The van der Waals surface area contributed by atoms with Crippen molar-refractivity contribution >= 4 is 27.9 Å². The second-order valence-corrected chi connectivity index (χ2v) is 7.35. The number of hydrogen-bond acceptors (Lipinski definition) is 5. The number of benzene rings is 1. The third kappa shape index (κ3) is 2.44. The normalized spacial score (nSPS) is 22.1. The number of anilines is 1. The third-order valence-corrected chi connectivity index (χ3v) is 5.73. The van der Waals surface area contributed by atoms with Gasteiger partial charge in [-0.25, -0.2) is 0 Å². The van der Waals surface area contributed by atoms with Crippen LogP contribution in [-0.4, -0.2) is 24.4 Å². The highest BCUT2D eigenvalue weighted by Crippen LogP contribution is 2.39. The fraction of sp³-hybridized carbons (Fsp3) is 0.312. The summed E-state index contributed by atoms with van der Waals surface area (Å²) >= 11 is 1.65. The van der Waals surface area contributed by atoms with E-state index in [-0.39, 0.29) is 17.8 Å². The summed E-state index contributed by atoms with van der Waals surface area (Å²) in [5, 5.41) is 18.0. The highest BCUT2D eigenvalue weighted by Gasteiger charge is 2.33. The first-order chi connectivity index (χ1) is 11.5. The molecule has 2 aliphatic heterocycles. The maximum absolute atomic E-state index is 12.6. The second kappa shape index (κ2) is 5.57. The number of nitrogens with one attached hydrogen (secondary N) is 3. The van der Waals surface area contributed by atoms with Gasteiger partial charge in [0.25, 0.3) is 11.6 Å². The average Bonchev–Trinajstić information content (AvgIpc) is 2.92. The molecule has 0 radical (unpaired) electrons. The van der Waals surface area contributed by atoms with Crippen LogP contribution in [0.25, 0.3) is 0 Å². The molecule has 4 rings (SSSR count). The molecule has 0 fully saturated rings. The predicted octanol–water partition coefficient (Wildman–Crippen LogP) is 1.08. The molecule has 0 saturated heterocycles. The van der Waals surface area contributed by atoms with E-state index in [1.165, 1.54) is 27.5 Å². The quantitative estimate of drug-likeness (QED) is 0.561. The summed E-state index contributed by atoms with van der Waals surface area (Å²) in [6.45, 7) is 1.99. The molecular formula is C16H17N4O3S+. The van der Waals surface area contributed by atoms with Crippen LogP contribution in [0.2, 0.25) is 0 Å². The number of likely N-dealkylation sites (N-methyl/N-ethyl adjacent to an activating group) is 1. The largest absolute Gasteiger partial charge is 0.353 e. The lowest BCUT2D eigenvalue weighted by atomic mass is 10.0. The number of amides is 1. The Morgan fingerprint density at radius 1 is 1.29 bits per heavy atom. The van der Waals surface area contributed by atoms with Crippen molar-refractivity contribution in [2.45, 2.75) is 19.1 Å². The smallest absolute Gasteiger partial charge is 0.269 e. The first-order valence-corrected chi connectivity index (χ1v) is 8.62. The Morgan fingerprint density at radius 3 is 2.75 bits per heavy atom. The molecule has 1 amide bonds. The van der Waals surface area contributed by atoms with Gasteiger partial charge >= 0.3 is 0 Å². The number of nitro groups is 1. The fourth-order valence-corrected chi connectivity index (χ4v) is 4.67. The van der Waals surface area contributed by atoms with Gasteiger partial charge in [0.1, 0.15) is 17.7 Å². The van der Waals surface area contributed by atoms with Crippen molar-refractivity contribution in [3.8, 4) is 0 Å². The number of carbonyl (C=O) groups is 1. The maximum Gasteiger partial charge on any atom is 0.269 e. The molecule has 7 nitrogen and oxygen atoms in total. The van der Waals surface area contributed by atoms with Crippen molar-refractivity contribution in [2.75, 3.05) is 18.9 Å². The summed E-state index contributed by atoms with van der Waals surface area (Å²) in [4.78, 5) is 25.7. The highest BCUT2D eigenvalue weighted by atomic mass is 32.1. The van der Waals surface area contributed by atoms with Crippen molar-refractivity contribution in [3.63, 3.8) is 0 Å². The molecule has 124 valence electrons. The van der Waals surface area contributed by atoms with Crippen molar-refractivity contribution in [3.05, 3.63) is 55.9 Å². The molecule has 8 heteroatoms. The van der Waals surface area contributed by atoms with E-state index >= 15 is 0 Å². The Labute approximate surface area is 142 Å². The Bertz CT molecular complexity index is 831. The van der Waals surface area contributed by atoms with Crippen LogP contribution in [0, 0.1) is 10.1 Å². The molecule has 2 aliphatic rings. The number of nitro benzene ring substituents is 1. The summed E-state index contributed by atoms with van der Waals surface area (Å²) in [7, 11) is 2.16.